The number of anilines is 1. The first kappa shape index (κ1) is 16.2. The third kappa shape index (κ3) is 2.53. The van der Waals surface area contributed by atoms with Crippen LogP contribution in [0.25, 0.3) is 0 Å². The quantitative estimate of drug-likeness (QED) is 0.736. The van der Waals surface area contributed by atoms with Gasteiger partial charge in [-0.25, -0.2) is 9.97 Å². The number of fused-ring (bicyclic) bond motifs is 2. The van der Waals surface area contributed by atoms with Gasteiger partial charge in [0, 0.05) is 57.3 Å². The molecule has 2 bridgehead atoms. The van der Waals surface area contributed by atoms with E-state index in [0.717, 1.165) is 0 Å². The molecule has 7 nitrogen and oxygen atoms in total. The molecule has 0 spiro atoms. The fraction of sp³-hybridized carbons (Fsp3) is 0.611. The summed E-state index contributed by atoms with van der Waals surface area (Å²) in [7, 11) is 0. The van der Waals surface area contributed by atoms with Gasteiger partial charge in [-0.2, -0.15) is 0 Å². The second-order valence-corrected chi connectivity index (χ2v) is 7.45. The molecule has 1 amide bonds. The molecule has 3 unspecified atom stereocenters. The van der Waals surface area contributed by atoms with E-state index in [1.54, 1.807) is 23.4 Å². The minimum Gasteiger partial charge on any atom is -0.338 e. The first-order chi connectivity index (χ1) is 12.0. The molecular weight excluding hydrogens is 320 g/mol. The number of hydrogen-bond donors (Lipinski definition) is 0. The molecule has 1 saturated heterocycles. The Morgan fingerprint density at radius 2 is 1.84 bits per heavy atom. The molecule has 4 rings (SSSR count). The van der Waals surface area contributed by atoms with Gasteiger partial charge < -0.3 is 9.80 Å². The van der Waals surface area contributed by atoms with Crippen LogP contribution in [0.3, 0.4) is 0 Å². The first-order valence-electron chi connectivity index (χ1n) is 8.88. The molecule has 3 atom stereocenters. The van der Waals surface area contributed by atoms with Crippen molar-refractivity contribution in [2.75, 3.05) is 31.1 Å². The van der Waals surface area contributed by atoms with Crippen molar-refractivity contribution in [2.45, 2.75) is 26.2 Å². The zero-order chi connectivity index (χ0) is 17.6. The van der Waals surface area contributed by atoms with Crippen LogP contribution in [-0.4, -0.2) is 58.5 Å². The molecule has 3 aliphatic rings. The summed E-state index contributed by atoms with van der Waals surface area (Å²) >= 11 is 0. The number of hydrogen-bond acceptors (Lipinski definition) is 6. The molecule has 1 aliphatic heterocycles. The van der Waals surface area contributed by atoms with E-state index >= 15 is 0 Å². The molecule has 3 fully saturated rings. The van der Waals surface area contributed by atoms with Crippen molar-refractivity contribution < 1.29 is 14.4 Å². The van der Waals surface area contributed by atoms with Crippen molar-refractivity contribution in [3.63, 3.8) is 0 Å². The van der Waals surface area contributed by atoms with Gasteiger partial charge in [0.25, 0.3) is 0 Å². The van der Waals surface area contributed by atoms with Crippen molar-refractivity contribution in [1.29, 1.82) is 0 Å². The molecule has 2 heterocycles. The Morgan fingerprint density at radius 3 is 2.52 bits per heavy atom. The fourth-order valence-electron chi connectivity index (χ4n) is 4.62. The van der Waals surface area contributed by atoms with Crippen LogP contribution in [0.4, 0.5) is 5.95 Å². The molecule has 2 saturated carbocycles. The Kier molecular flexibility index (Phi) is 3.81. The summed E-state index contributed by atoms with van der Waals surface area (Å²) in [5, 5.41) is 0. The van der Waals surface area contributed by atoms with Gasteiger partial charge in [0.2, 0.25) is 11.9 Å². The lowest BCUT2D eigenvalue weighted by molar-refractivity contribution is -0.152. The summed E-state index contributed by atoms with van der Waals surface area (Å²) in [6, 6.07) is 1.77. The van der Waals surface area contributed by atoms with E-state index in [1.165, 1.54) is 0 Å². The summed E-state index contributed by atoms with van der Waals surface area (Å²) < 4.78 is 0. The van der Waals surface area contributed by atoms with Crippen molar-refractivity contribution >= 4 is 23.4 Å². The number of piperazine rings is 1. The van der Waals surface area contributed by atoms with Crippen LogP contribution in [0.15, 0.2) is 18.5 Å². The van der Waals surface area contributed by atoms with Gasteiger partial charge in [0.05, 0.1) is 0 Å². The molecule has 132 valence electrons. The minimum absolute atomic E-state index is 0.0258. The Bertz CT molecular complexity index is 714. The Balaban J connectivity index is 1.49. The van der Waals surface area contributed by atoms with Crippen LogP contribution >= 0.6 is 0 Å². The number of carbonyl (C=O) groups is 3. The summed E-state index contributed by atoms with van der Waals surface area (Å²) in [6.07, 6.45) is 4.48. The van der Waals surface area contributed by atoms with Crippen LogP contribution < -0.4 is 4.90 Å². The van der Waals surface area contributed by atoms with Crippen molar-refractivity contribution in [3.8, 4) is 0 Å². The first-order valence-corrected chi connectivity index (χ1v) is 8.88. The van der Waals surface area contributed by atoms with Crippen LogP contribution in [-0.2, 0) is 14.4 Å². The van der Waals surface area contributed by atoms with Gasteiger partial charge in [-0.05, 0) is 18.4 Å². The highest BCUT2D eigenvalue weighted by atomic mass is 16.2. The predicted molar refractivity (Wildman–Crippen MR) is 89.8 cm³/mol. The largest absolute Gasteiger partial charge is 0.338 e. The molecule has 1 aromatic heterocycles. The lowest BCUT2D eigenvalue weighted by atomic mass is 9.73. The topological polar surface area (TPSA) is 83.5 Å². The fourth-order valence-corrected chi connectivity index (χ4v) is 4.62. The number of ketones is 2. The van der Waals surface area contributed by atoms with E-state index in [1.807, 2.05) is 11.8 Å². The van der Waals surface area contributed by atoms with Gasteiger partial charge in [0.1, 0.15) is 11.2 Å². The summed E-state index contributed by atoms with van der Waals surface area (Å²) in [6.45, 7) is 4.18. The maximum Gasteiger partial charge on any atom is 0.236 e. The van der Waals surface area contributed by atoms with Crippen LogP contribution in [0.5, 0.6) is 0 Å². The maximum atomic E-state index is 13.2. The minimum atomic E-state index is -1.09. The Hall–Kier alpha value is -2.31. The standard InChI is InChI=1S/C18H22N4O3/c1-12-13-9-14(23)11-18(10-13,15(12)24)16(25)21-5-7-22(8-6-21)17-19-3-2-4-20-17/h2-4,12-13H,5-11H2,1H3. The Morgan fingerprint density at radius 1 is 1.16 bits per heavy atom. The number of amides is 1. The second kappa shape index (κ2) is 5.89. The van der Waals surface area contributed by atoms with E-state index in [-0.39, 0.29) is 35.7 Å². The second-order valence-electron chi connectivity index (χ2n) is 7.45. The lowest BCUT2D eigenvalue weighted by Gasteiger charge is -2.39. The monoisotopic (exact) mass is 342 g/mol. The van der Waals surface area contributed by atoms with Crippen molar-refractivity contribution in [1.82, 2.24) is 14.9 Å². The average Bonchev–Trinajstić information content (AvgIpc) is 2.83. The van der Waals surface area contributed by atoms with E-state index in [9.17, 15) is 14.4 Å². The third-order valence-corrected chi connectivity index (χ3v) is 6.00. The van der Waals surface area contributed by atoms with E-state index < -0.39 is 5.41 Å². The highest BCUT2D eigenvalue weighted by Gasteiger charge is 2.60. The zero-order valence-corrected chi connectivity index (χ0v) is 14.4. The van der Waals surface area contributed by atoms with Gasteiger partial charge >= 0.3 is 0 Å². The number of rotatable bonds is 2. The van der Waals surface area contributed by atoms with Crippen LogP contribution in [0.2, 0.25) is 0 Å². The number of Topliss-reactive ketones (excluding diaryl/α,β-unsaturated/α-hetero) is 2. The number of carbonyl (C=O) groups excluding carboxylic acids is 3. The van der Waals surface area contributed by atoms with E-state index in [0.29, 0.717) is 45.0 Å². The molecule has 0 radical (unpaired) electrons. The molecule has 25 heavy (non-hydrogen) atoms. The highest BCUT2D eigenvalue weighted by Crippen LogP contribution is 2.51. The molecule has 0 N–H and O–H groups in total. The third-order valence-electron chi connectivity index (χ3n) is 6.00. The van der Waals surface area contributed by atoms with Crippen LogP contribution in [0, 0.1) is 17.3 Å². The van der Waals surface area contributed by atoms with Crippen molar-refractivity contribution in [3.05, 3.63) is 18.5 Å². The smallest absolute Gasteiger partial charge is 0.236 e. The zero-order valence-electron chi connectivity index (χ0n) is 14.4. The average molecular weight is 342 g/mol. The molecular formula is C18H22N4O3. The lowest BCUT2D eigenvalue weighted by Crippen LogP contribution is -2.55. The number of aromatic nitrogens is 2. The normalized spacial score (nSPS) is 32.2. The maximum absolute atomic E-state index is 13.2. The molecule has 7 heteroatoms. The predicted octanol–water partition coefficient (Wildman–Crippen LogP) is 0.700. The van der Waals surface area contributed by atoms with Gasteiger partial charge in [-0.3, -0.25) is 14.4 Å². The SMILES string of the molecule is CC1C(=O)C2(C(=O)N3CCN(c4ncccn4)CC3)CC(=O)CC1C2. The molecule has 1 aromatic rings. The molecule has 0 aromatic carbocycles. The molecule has 2 aliphatic carbocycles. The Labute approximate surface area is 146 Å². The van der Waals surface area contributed by atoms with Crippen LogP contribution in [0.1, 0.15) is 26.2 Å². The number of nitrogens with zero attached hydrogens (tertiary/aromatic N) is 4. The van der Waals surface area contributed by atoms with E-state index in [4.69, 9.17) is 0 Å². The summed E-state index contributed by atoms with van der Waals surface area (Å²) in [5.41, 5.74) is -1.09. The van der Waals surface area contributed by atoms with Crippen molar-refractivity contribution in [2.24, 2.45) is 17.3 Å². The summed E-state index contributed by atoms with van der Waals surface area (Å²) in [5.74, 6) is 0.395. The van der Waals surface area contributed by atoms with E-state index in [2.05, 4.69) is 9.97 Å². The van der Waals surface area contributed by atoms with Gasteiger partial charge in [-0.1, -0.05) is 6.92 Å². The highest BCUT2D eigenvalue weighted by molar-refractivity contribution is 6.12. The summed E-state index contributed by atoms with van der Waals surface area (Å²) in [4.78, 5) is 50.3. The van der Waals surface area contributed by atoms with Gasteiger partial charge in [-0.15, -0.1) is 0 Å². The van der Waals surface area contributed by atoms with Gasteiger partial charge in [0.15, 0.2) is 5.78 Å².